The molecule has 0 aromatic heterocycles. The molecule has 3 N–H and O–H groups in total. The van der Waals surface area contributed by atoms with Gasteiger partial charge in [0.05, 0.1) is 5.70 Å². The van der Waals surface area contributed by atoms with E-state index < -0.39 is 17.8 Å². The van der Waals surface area contributed by atoms with Gasteiger partial charge in [-0.25, -0.2) is 13.2 Å². The van der Waals surface area contributed by atoms with Crippen LogP contribution in [0.1, 0.15) is 13.3 Å². The number of halogens is 3. The lowest BCUT2D eigenvalue weighted by molar-refractivity contribution is 0.224. The molecule has 3 unspecified atom stereocenters. The van der Waals surface area contributed by atoms with Gasteiger partial charge in [-0.05, 0) is 24.8 Å². The van der Waals surface area contributed by atoms with E-state index in [9.17, 15) is 13.2 Å². The molecule has 5 heteroatoms. The molecule has 88 valence electrons. The van der Waals surface area contributed by atoms with Gasteiger partial charge in [-0.2, -0.15) is 0 Å². The Bertz CT molecular complexity index is 413. The fourth-order valence-corrected chi connectivity index (χ4v) is 2.56. The molecule has 2 nitrogen and oxygen atoms in total. The Morgan fingerprint density at radius 1 is 1.62 bits per heavy atom. The van der Waals surface area contributed by atoms with E-state index in [4.69, 9.17) is 11.1 Å². The van der Waals surface area contributed by atoms with Crippen LogP contribution in [0.5, 0.6) is 0 Å². The van der Waals surface area contributed by atoms with Gasteiger partial charge in [-0.3, -0.25) is 5.41 Å². The largest absolute Gasteiger partial charge is 0.399 e. The normalized spacial score (nSPS) is 36.6. The van der Waals surface area contributed by atoms with Crippen LogP contribution in [0.3, 0.4) is 0 Å². The fraction of sp³-hybridized carbons (Fsp3) is 0.545. The zero-order valence-electron chi connectivity index (χ0n) is 8.86. The summed E-state index contributed by atoms with van der Waals surface area (Å²) in [5.41, 5.74) is 2.86. The Labute approximate surface area is 91.5 Å². The van der Waals surface area contributed by atoms with E-state index in [0.29, 0.717) is 6.42 Å². The Morgan fingerprint density at radius 2 is 2.19 bits per heavy atom. The molecule has 3 atom stereocenters. The minimum atomic E-state index is -2.90. The van der Waals surface area contributed by atoms with Gasteiger partial charge in [-0.15, -0.1) is 0 Å². The van der Waals surface area contributed by atoms with Gasteiger partial charge >= 0.3 is 0 Å². The van der Waals surface area contributed by atoms with Crippen LogP contribution in [0, 0.1) is 17.2 Å². The monoisotopic (exact) mass is 230 g/mol. The number of nitrogens with one attached hydrogen (secondary N) is 1. The lowest BCUT2D eigenvalue weighted by Gasteiger charge is -2.24. The summed E-state index contributed by atoms with van der Waals surface area (Å²) >= 11 is 0. The predicted molar refractivity (Wildman–Crippen MR) is 55.2 cm³/mol. The van der Waals surface area contributed by atoms with Crippen LogP contribution in [0.15, 0.2) is 23.4 Å². The highest BCUT2D eigenvalue weighted by Crippen LogP contribution is 2.63. The first-order chi connectivity index (χ1) is 7.31. The van der Waals surface area contributed by atoms with E-state index in [1.807, 2.05) is 0 Å². The maximum Gasteiger partial charge on any atom is 0.280 e. The standard InChI is InChI=1S/C11H13F3N2/c1-4(2)11(14)6-3-5(6)7(9(11)16)8(15)10(12)13/h5-6,10,15H,1,3,16H2,2H3. The van der Waals surface area contributed by atoms with Gasteiger partial charge in [0.2, 0.25) is 0 Å². The topological polar surface area (TPSA) is 49.9 Å². The minimum Gasteiger partial charge on any atom is -0.399 e. The fourth-order valence-electron chi connectivity index (χ4n) is 2.56. The third-order valence-corrected chi connectivity index (χ3v) is 3.48. The number of hydrogen-bond acceptors (Lipinski definition) is 2. The average Bonchev–Trinajstić information content (AvgIpc) is 2.92. The lowest BCUT2D eigenvalue weighted by atomic mass is 9.91. The van der Waals surface area contributed by atoms with E-state index in [-0.39, 0.29) is 28.7 Å². The molecule has 0 aromatic carbocycles. The summed E-state index contributed by atoms with van der Waals surface area (Å²) in [5, 5.41) is 7.26. The lowest BCUT2D eigenvalue weighted by Crippen LogP contribution is -2.33. The molecule has 0 saturated heterocycles. The van der Waals surface area contributed by atoms with Crippen LogP contribution >= 0.6 is 0 Å². The summed E-state index contributed by atoms with van der Waals surface area (Å²) in [7, 11) is 0. The van der Waals surface area contributed by atoms with Crippen molar-refractivity contribution in [3.8, 4) is 0 Å². The molecule has 2 aliphatic rings. The summed E-state index contributed by atoms with van der Waals surface area (Å²) in [4.78, 5) is 0. The first-order valence-electron chi connectivity index (χ1n) is 5.03. The Morgan fingerprint density at radius 3 is 2.56 bits per heavy atom. The molecular formula is C11H13F3N2. The highest BCUT2D eigenvalue weighted by molar-refractivity contribution is 6.03. The van der Waals surface area contributed by atoms with Gasteiger partial charge in [0, 0.05) is 11.5 Å². The number of rotatable bonds is 3. The van der Waals surface area contributed by atoms with Gasteiger partial charge in [0.1, 0.15) is 5.71 Å². The number of nitrogens with two attached hydrogens (primary N) is 1. The second-order valence-corrected chi connectivity index (χ2v) is 4.48. The van der Waals surface area contributed by atoms with Crippen molar-refractivity contribution in [2.24, 2.45) is 17.6 Å². The van der Waals surface area contributed by atoms with Crippen molar-refractivity contribution in [1.29, 1.82) is 5.41 Å². The summed E-state index contributed by atoms with van der Waals surface area (Å²) in [6.45, 7) is 5.03. The van der Waals surface area contributed by atoms with E-state index in [2.05, 4.69) is 6.58 Å². The molecule has 0 bridgehead atoms. The molecule has 1 fully saturated rings. The summed E-state index contributed by atoms with van der Waals surface area (Å²) in [6.07, 6.45) is -2.42. The van der Waals surface area contributed by atoms with Gasteiger partial charge in [0.25, 0.3) is 6.43 Å². The molecule has 2 rings (SSSR count). The second-order valence-electron chi connectivity index (χ2n) is 4.48. The Kier molecular flexibility index (Phi) is 2.19. The number of allylic oxidation sites excluding steroid dienone is 2. The van der Waals surface area contributed by atoms with Crippen molar-refractivity contribution in [3.05, 3.63) is 23.4 Å². The number of alkyl halides is 3. The molecule has 0 aliphatic heterocycles. The van der Waals surface area contributed by atoms with Crippen LogP contribution in [-0.4, -0.2) is 17.8 Å². The van der Waals surface area contributed by atoms with Crippen molar-refractivity contribution in [1.82, 2.24) is 0 Å². The molecular weight excluding hydrogens is 217 g/mol. The van der Waals surface area contributed by atoms with Crippen LogP contribution in [0.2, 0.25) is 0 Å². The van der Waals surface area contributed by atoms with Crippen molar-refractivity contribution >= 4 is 5.71 Å². The van der Waals surface area contributed by atoms with Crippen LogP contribution in [0.4, 0.5) is 13.2 Å². The second kappa shape index (κ2) is 3.12. The zero-order valence-corrected chi connectivity index (χ0v) is 8.86. The molecule has 0 radical (unpaired) electrons. The molecule has 1 saturated carbocycles. The predicted octanol–water partition coefficient (Wildman–Crippen LogP) is 2.42. The zero-order chi connectivity index (χ0) is 12.2. The van der Waals surface area contributed by atoms with Crippen molar-refractivity contribution in [2.75, 3.05) is 0 Å². The van der Waals surface area contributed by atoms with E-state index in [1.54, 1.807) is 0 Å². The average molecular weight is 230 g/mol. The Hall–Kier alpha value is -1.26. The molecule has 0 heterocycles. The first kappa shape index (κ1) is 11.2. The number of hydrogen-bond donors (Lipinski definition) is 2. The van der Waals surface area contributed by atoms with Gasteiger partial charge in [-0.1, -0.05) is 6.58 Å². The third-order valence-electron chi connectivity index (χ3n) is 3.48. The van der Waals surface area contributed by atoms with Crippen LogP contribution in [-0.2, 0) is 0 Å². The smallest absolute Gasteiger partial charge is 0.280 e. The van der Waals surface area contributed by atoms with Crippen LogP contribution < -0.4 is 5.73 Å². The first-order valence-corrected chi connectivity index (χ1v) is 5.03. The molecule has 0 amide bonds. The summed E-state index contributed by atoms with van der Waals surface area (Å²) in [6, 6.07) is 0. The molecule has 0 spiro atoms. The summed E-state index contributed by atoms with van der Waals surface area (Å²) < 4.78 is 39.4. The molecule has 2 aliphatic carbocycles. The number of fused-ring (bicyclic) bond motifs is 1. The van der Waals surface area contributed by atoms with E-state index >= 15 is 0 Å². The van der Waals surface area contributed by atoms with Gasteiger partial charge < -0.3 is 5.73 Å². The van der Waals surface area contributed by atoms with Crippen molar-refractivity contribution in [3.63, 3.8) is 0 Å². The maximum absolute atomic E-state index is 14.5. The molecule has 16 heavy (non-hydrogen) atoms. The highest BCUT2D eigenvalue weighted by atomic mass is 19.3. The quantitative estimate of drug-likeness (QED) is 0.567. The maximum atomic E-state index is 14.5. The highest BCUT2D eigenvalue weighted by Gasteiger charge is 2.64. The van der Waals surface area contributed by atoms with Crippen molar-refractivity contribution in [2.45, 2.75) is 25.4 Å². The van der Waals surface area contributed by atoms with Gasteiger partial charge in [0.15, 0.2) is 5.67 Å². The summed E-state index contributed by atoms with van der Waals surface area (Å²) in [5.74, 6) is -0.706. The molecule has 0 aromatic rings. The van der Waals surface area contributed by atoms with E-state index in [0.717, 1.165) is 0 Å². The SMILES string of the molecule is C=C(C)C1(F)C(N)=C(C(=N)C(F)F)C2CC21. The van der Waals surface area contributed by atoms with Crippen LogP contribution in [0.25, 0.3) is 0 Å². The minimum absolute atomic E-state index is 0.00509. The van der Waals surface area contributed by atoms with E-state index in [1.165, 1.54) is 6.92 Å². The Balaban J connectivity index is 2.44. The van der Waals surface area contributed by atoms with Crippen molar-refractivity contribution < 1.29 is 13.2 Å². The third kappa shape index (κ3) is 1.17.